The van der Waals surface area contributed by atoms with Gasteiger partial charge >= 0.3 is 27.4 Å². The van der Waals surface area contributed by atoms with Crippen molar-refractivity contribution in [2.24, 2.45) is 0 Å². The maximum Gasteiger partial charge on any atom is 0.432 e. The number of ether oxygens (including phenoxy) is 1. The van der Waals surface area contributed by atoms with Crippen LogP contribution in [0.2, 0.25) is 0 Å². The second kappa shape index (κ2) is 4.86. The van der Waals surface area contributed by atoms with Crippen molar-refractivity contribution in [2.75, 3.05) is 11.5 Å². The summed E-state index contributed by atoms with van der Waals surface area (Å²) in [4.78, 5) is 0. The van der Waals surface area contributed by atoms with Crippen LogP contribution in [0.25, 0.3) is 0 Å². The summed E-state index contributed by atoms with van der Waals surface area (Å²) in [6, 6.07) is 6.76. The fourth-order valence-corrected chi connectivity index (χ4v) is 2.55. The van der Waals surface area contributed by atoms with E-state index < -0.39 is 31.8 Å². The number of alkyl halides is 4. The number of halogens is 4. The summed E-state index contributed by atoms with van der Waals surface area (Å²) in [7, 11) is 1.53. The summed E-state index contributed by atoms with van der Waals surface area (Å²) >= 11 is -0.962. The number of benzene rings is 1. The van der Waals surface area contributed by atoms with Crippen LogP contribution in [-0.4, -0.2) is 17.7 Å². The Kier molecular flexibility index (Phi) is 4.03. The fourth-order valence-electron chi connectivity index (χ4n) is 0.813. The number of hydrogen-bond donors (Lipinski definition) is 0. The Morgan fingerprint density at radius 1 is 1.21 bits per heavy atom. The summed E-state index contributed by atoms with van der Waals surface area (Å²) < 4.78 is 40.7. The molecule has 0 saturated carbocycles. The van der Waals surface area contributed by atoms with Gasteiger partial charge in [-0.15, -0.1) is 0 Å². The maximum atomic E-state index is 11.9. The highest BCUT2D eigenvalue weighted by molar-refractivity contribution is 5.20. The first kappa shape index (κ1) is 11.6. The van der Waals surface area contributed by atoms with Crippen LogP contribution in [0, 0.1) is 3.57 Å². The third-order valence-corrected chi connectivity index (χ3v) is 4.27. The van der Waals surface area contributed by atoms with Crippen LogP contribution >= 0.6 is 0 Å². The molecule has 0 N–H and O–H groups in total. The van der Waals surface area contributed by atoms with Crippen LogP contribution in [0.15, 0.2) is 24.3 Å². The molecule has 0 aliphatic heterocycles. The van der Waals surface area contributed by atoms with Crippen molar-refractivity contribution in [1.29, 1.82) is 0 Å². The first-order valence-electron chi connectivity index (χ1n) is 3.81. The molecule has 0 aliphatic rings. The molecule has 0 aliphatic carbocycles. The molecular weight excluding hydrogens is 308 g/mol. The van der Waals surface area contributed by atoms with Crippen LogP contribution in [0.5, 0.6) is 5.75 Å². The average molecular weight is 317 g/mol. The van der Waals surface area contributed by atoms with Gasteiger partial charge in [-0.05, 0) is 24.3 Å². The van der Waals surface area contributed by atoms with E-state index in [-0.39, 0.29) is 0 Å². The van der Waals surface area contributed by atoms with Crippen LogP contribution in [0.1, 0.15) is 0 Å². The third-order valence-electron chi connectivity index (χ3n) is 1.42. The topological polar surface area (TPSA) is 9.23 Å². The van der Waals surface area contributed by atoms with E-state index in [2.05, 4.69) is 0 Å². The van der Waals surface area contributed by atoms with Gasteiger partial charge in [-0.1, -0.05) is 0 Å². The summed E-state index contributed by atoms with van der Waals surface area (Å²) in [5, 5.41) is 0. The molecule has 0 saturated heterocycles. The number of hydrogen-bond acceptors (Lipinski definition) is 1. The standard InChI is InChI=1S/C9H9F3IO/c1-14-8-4-2-7(3-5-8)13-6-9(10,11)12/h2-5H,6H2,1H3/q+1. The van der Waals surface area contributed by atoms with E-state index in [1.807, 2.05) is 0 Å². The van der Waals surface area contributed by atoms with Crippen molar-refractivity contribution in [1.82, 2.24) is 0 Å². The Hall–Kier alpha value is -0.460. The molecule has 14 heavy (non-hydrogen) atoms. The van der Waals surface area contributed by atoms with Crippen molar-refractivity contribution >= 4 is 0 Å². The van der Waals surface area contributed by atoms with Gasteiger partial charge in [-0.3, -0.25) is 0 Å². The van der Waals surface area contributed by atoms with E-state index in [4.69, 9.17) is 4.74 Å². The van der Waals surface area contributed by atoms with Gasteiger partial charge in [-0.25, -0.2) is 0 Å². The molecular formula is C9H9F3IO+. The Morgan fingerprint density at radius 3 is 2.21 bits per heavy atom. The predicted octanol–water partition coefficient (Wildman–Crippen LogP) is -0.484. The van der Waals surface area contributed by atoms with E-state index >= 15 is 0 Å². The molecule has 0 fully saturated rings. The minimum Gasteiger partial charge on any atom is -0.497 e. The van der Waals surface area contributed by atoms with Crippen LogP contribution < -0.4 is 25.9 Å². The van der Waals surface area contributed by atoms with Gasteiger partial charge in [-0.2, -0.15) is 13.2 Å². The van der Waals surface area contributed by atoms with E-state index in [0.717, 1.165) is 3.57 Å². The zero-order valence-electron chi connectivity index (χ0n) is 7.44. The molecule has 0 spiro atoms. The quantitative estimate of drug-likeness (QED) is 0.540. The average Bonchev–Trinajstić information content (AvgIpc) is 2.14. The number of methoxy groups -OCH3 is 1. The van der Waals surface area contributed by atoms with Gasteiger partial charge in [0, 0.05) is 0 Å². The molecule has 0 amide bonds. The van der Waals surface area contributed by atoms with E-state index in [1.165, 1.54) is 7.11 Å². The van der Waals surface area contributed by atoms with Gasteiger partial charge in [0.15, 0.2) is 3.57 Å². The Balaban J connectivity index is 2.52. The lowest BCUT2D eigenvalue weighted by Gasteiger charge is -1.97. The predicted molar refractivity (Wildman–Crippen MR) is 42.6 cm³/mol. The molecule has 0 radical (unpaired) electrons. The van der Waals surface area contributed by atoms with Gasteiger partial charge in [0.2, 0.25) is 4.43 Å². The lowest BCUT2D eigenvalue weighted by Crippen LogP contribution is -3.63. The minimum atomic E-state index is -4.03. The highest BCUT2D eigenvalue weighted by Crippen LogP contribution is 2.10. The van der Waals surface area contributed by atoms with E-state index in [9.17, 15) is 13.2 Å². The molecule has 0 unspecified atom stereocenters. The second-order valence-electron chi connectivity index (χ2n) is 2.54. The Labute approximate surface area is 90.5 Å². The van der Waals surface area contributed by atoms with Gasteiger partial charge in [0.05, 0.1) is 7.11 Å². The van der Waals surface area contributed by atoms with Crippen LogP contribution in [-0.2, 0) is 0 Å². The monoisotopic (exact) mass is 317 g/mol. The molecule has 78 valence electrons. The molecule has 0 bridgehead atoms. The first-order valence-corrected chi connectivity index (χ1v) is 6.41. The lowest BCUT2D eigenvalue weighted by molar-refractivity contribution is -0.650. The van der Waals surface area contributed by atoms with Gasteiger partial charge in [0.1, 0.15) is 5.75 Å². The third kappa shape index (κ3) is 4.17. The lowest BCUT2D eigenvalue weighted by atomic mass is 10.3. The Bertz CT molecular complexity index is 281. The fraction of sp³-hybridized carbons (Fsp3) is 0.333. The molecule has 0 aromatic heterocycles. The molecule has 1 nitrogen and oxygen atoms in total. The van der Waals surface area contributed by atoms with Gasteiger partial charge < -0.3 is 4.74 Å². The van der Waals surface area contributed by atoms with Crippen LogP contribution in [0.3, 0.4) is 0 Å². The molecule has 1 aromatic rings. The zero-order valence-corrected chi connectivity index (χ0v) is 9.59. The summed E-state index contributed by atoms with van der Waals surface area (Å²) in [6.45, 7) is 0. The molecule has 0 atom stereocenters. The van der Waals surface area contributed by atoms with E-state index in [0.29, 0.717) is 5.75 Å². The maximum absolute atomic E-state index is 11.9. The van der Waals surface area contributed by atoms with Crippen molar-refractivity contribution in [3.05, 3.63) is 27.8 Å². The van der Waals surface area contributed by atoms with Crippen molar-refractivity contribution in [3.63, 3.8) is 0 Å². The largest absolute Gasteiger partial charge is 0.497 e. The van der Waals surface area contributed by atoms with Crippen LogP contribution in [0.4, 0.5) is 13.2 Å². The zero-order chi connectivity index (χ0) is 10.6. The smallest absolute Gasteiger partial charge is 0.432 e. The number of rotatable bonds is 3. The molecule has 0 heterocycles. The molecule has 1 aromatic carbocycles. The summed E-state index contributed by atoms with van der Waals surface area (Å²) in [5.74, 6) is 0.671. The molecule has 1 rings (SSSR count). The highest BCUT2D eigenvalue weighted by Gasteiger charge is 2.36. The second-order valence-corrected chi connectivity index (χ2v) is 5.31. The normalized spacial score (nSPS) is 11.4. The van der Waals surface area contributed by atoms with Crippen molar-refractivity contribution in [3.8, 4) is 5.75 Å². The van der Waals surface area contributed by atoms with Gasteiger partial charge in [0.25, 0.3) is 0 Å². The molecule has 5 heteroatoms. The summed E-state index contributed by atoms with van der Waals surface area (Å²) in [5.41, 5.74) is 0. The van der Waals surface area contributed by atoms with E-state index in [1.54, 1.807) is 24.3 Å². The minimum absolute atomic E-state index is 0.668. The Morgan fingerprint density at radius 2 is 1.79 bits per heavy atom. The first-order chi connectivity index (χ1) is 6.51. The SMILES string of the molecule is COc1ccc([I+]CC(F)(F)F)cc1. The highest BCUT2D eigenvalue weighted by atomic mass is 127. The van der Waals surface area contributed by atoms with Crippen molar-refractivity contribution < 1.29 is 39.1 Å². The summed E-state index contributed by atoms with van der Waals surface area (Å²) in [6.07, 6.45) is -4.03. The van der Waals surface area contributed by atoms with Crippen molar-refractivity contribution in [2.45, 2.75) is 6.18 Å².